The average molecular weight is 429 g/mol. The van der Waals surface area contributed by atoms with Crippen molar-refractivity contribution in [3.63, 3.8) is 0 Å². The summed E-state index contributed by atoms with van der Waals surface area (Å²) in [6.07, 6.45) is 1.59. The molecule has 0 atom stereocenters. The Bertz CT molecular complexity index is 1200. The number of nitriles is 1. The second kappa shape index (κ2) is 9.24. The lowest BCUT2D eigenvalue weighted by Gasteiger charge is -2.16. The third kappa shape index (κ3) is 4.97. The van der Waals surface area contributed by atoms with E-state index in [0.29, 0.717) is 11.4 Å². The van der Waals surface area contributed by atoms with Crippen LogP contribution in [0.25, 0.3) is 22.3 Å². The zero-order chi connectivity index (χ0) is 22.4. The van der Waals surface area contributed by atoms with E-state index in [1.54, 1.807) is 6.20 Å². The Balaban J connectivity index is 0.000000179. The minimum absolute atomic E-state index is 0.344. The molecule has 7 nitrogen and oxygen atoms in total. The fourth-order valence-corrected chi connectivity index (χ4v) is 4.57. The lowest BCUT2D eigenvalue weighted by atomic mass is 10.1. The maximum absolute atomic E-state index is 11.0. The molecule has 0 fully saturated rings. The number of nitrogens with one attached hydrogen (secondary N) is 2. The highest BCUT2D eigenvalue weighted by molar-refractivity contribution is 6.89. The Morgan fingerprint density at radius 3 is 2.06 bits per heavy atom. The molecule has 4 aromatic rings. The Morgan fingerprint density at radius 2 is 1.55 bits per heavy atom. The zero-order valence-corrected chi connectivity index (χ0v) is 18.7. The Morgan fingerprint density at radius 1 is 0.968 bits per heavy atom. The van der Waals surface area contributed by atoms with Gasteiger partial charge in [0.25, 0.3) is 5.91 Å². The summed E-state index contributed by atoms with van der Waals surface area (Å²) in [5, 5.41) is 23.8. The van der Waals surface area contributed by atoms with Crippen LogP contribution in [-0.2, 0) is 0 Å². The number of carbonyl (C=O) groups is 1. The van der Waals surface area contributed by atoms with E-state index in [4.69, 9.17) is 11.0 Å². The summed E-state index contributed by atoms with van der Waals surface area (Å²) in [7, 11) is -1.53. The SMILES string of the molecule is C[Si](C)(C)c1[nH]nc(C#N)c1-c1ccccc1.NC(=O)c1[nH]ncc1-c1ccccc1. The van der Waals surface area contributed by atoms with Crippen molar-refractivity contribution in [2.45, 2.75) is 19.6 Å². The van der Waals surface area contributed by atoms with Crippen molar-refractivity contribution >= 4 is 19.3 Å². The molecule has 0 unspecified atom stereocenters. The summed E-state index contributed by atoms with van der Waals surface area (Å²) in [6, 6.07) is 21.7. The number of nitrogens with zero attached hydrogens (tertiary/aromatic N) is 3. The Hall–Kier alpha value is -3.96. The van der Waals surface area contributed by atoms with Crippen LogP contribution in [0.3, 0.4) is 0 Å². The highest BCUT2D eigenvalue weighted by Gasteiger charge is 2.26. The minimum Gasteiger partial charge on any atom is -0.364 e. The molecule has 1 amide bonds. The Labute approximate surface area is 182 Å². The van der Waals surface area contributed by atoms with Crippen LogP contribution in [-0.4, -0.2) is 34.4 Å². The van der Waals surface area contributed by atoms with Gasteiger partial charge in [-0.1, -0.05) is 80.3 Å². The van der Waals surface area contributed by atoms with Crippen molar-refractivity contribution in [1.29, 1.82) is 5.26 Å². The van der Waals surface area contributed by atoms with Gasteiger partial charge in [0, 0.05) is 16.4 Å². The van der Waals surface area contributed by atoms with Crippen LogP contribution in [0.2, 0.25) is 19.6 Å². The van der Waals surface area contributed by atoms with Gasteiger partial charge in [0.05, 0.1) is 6.20 Å². The molecule has 2 heterocycles. The number of benzene rings is 2. The number of amides is 1. The number of aromatic amines is 2. The van der Waals surface area contributed by atoms with E-state index in [0.717, 1.165) is 27.6 Å². The first-order valence-corrected chi connectivity index (χ1v) is 13.3. The van der Waals surface area contributed by atoms with E-state index in [2.05, 4.69) is 46.1 Å². The first kappa shape index (κ1) is 21.7. The second-order valence-corrected chi connectivity index (χ2v) is 12.9. The van der Waals surface area contributed by atoms with Gasteiger partial charge >= 0.3 is 0 Å². The normalized spacial score (nSPS) is 10.6. The Kier molecular flexibility index (Phi) is 6.48. The predicted molar refractivity (Wildman–Crippen MR) is 124 cm³/mol. The number of hydrogen-bond donors (Lipinski definition) is 3. The highest BCUT2D eigenvalue weighted by atomic mass is 28.3. The summed E-state index contributed by atoms with van der Waals surface area (Å²) >= 11 is 0. The van der Waals surface area contributed by atoms with Crippen molar-refractivity contribution in [1.82, 2.24) is 20.4 Å². The molecule has 156 valence electrons. The summed E-state index contributed by atoms with van der Waals surface area (Å²) in [5.74, 6) is -0.499. The van der Waals surface area contributed by atoms with Gasteiger partial charge in [-0.3, -0.25) is 15.0 Å². The van der Waals surface area contributed by atoms with Crippen molar-refractivity contribution < 1.29 is 4.79 Å². The molecule has 0 saturated heterocycles. The summed E-state index contributed by atoms with van der Waals surface area (Å²) in [6.45, 7) is 6.73. The standard InChI is InChI=1S/C13H15N3Si.C10H9N3O/c1-17(2,3)13-12(11(9-14)15-16-13)10-7-5-4-6-8-10;11-10(14)9-8(6-12-13-9)7-4-2-1-3-5-7/h4-8H,1-3H3,(H,15,16);1-6H,(H2,11,14)(H,12,13). The average Bonchev–Trinajstić information content (AvgIpc) is 3.42. The monoisotopic (exact) mass is 428 g/mol. The van der Waals surface area contributed by atoms with Gasteiger partial charge in [-0.2, -0.15) is 15.5 Å². The van der Waals surface area contributed by atoms with Gasteiger partial charge in [0.2, 0.25) is 0 Å². The number of H-pyrrole nitrogens is 2. The molecule has 0 radical (unpaired) electrons. The van der Waals surface area contributed by atoms with E-state index < -0.39 is 14.0 Å². The molecule has 0 aliphatic rings. The highest BCUT2D eigenvalue weighted by Crippen LogP contribution is 2.22. The molecule has 0 aliphatic carbocycles. The van der Waals surface area contributed by atoms with Gasteiger partial charge in [-0.25, -0.2) is 0 Å². The van der Waals surface area contributed by atoms with Crippen LogP contribution < -0.4 is 11.1 Å². The fourth-order valence-electron chi connectivity index (χ4n) is 3.16. The van der Waals surface area contributed by atoms with Crippen LogP contribution in [0.5, 0.6) is 0 Å². The first-order valence-electron chi connectivity index (χ1n) is 9.76. The van der Waals surface area contributed by atoms with Gasteiger partial charge < -0.3 is 5.73 Å². The molecule has 4 N–H and O–H groups in total. The van der Waals surface area contributed by atoms with E-state index in [1.807, 2.05) is 60.7 Å². The summed E-state index contributed by atoms with van der Waals surface area (Å²) < 4.78 is 0. The van der Waals surface area contributed by atoms with Crippen LogP contribution in [0, 0.1) is 11.3 Å². The molecule has 2 aromatic carbocycles. The number of rotatable bonds is 4. The van der Waals surface area contributed by atoms with Crippen molar-refractivity contribution in [2.24, 2.45) is 5.73 Å². The molecule has 0 saturated carbocycles. The molecular weight excluding hydrogens is 404 g/mol. The fraction of sp³-hybridized carbons (Fsp3) is 0.130. The summed E-state index contributed by atoms with van der Waals surface area (Å²) in [5.41, 5.74) is 9.73. The van der Waals surface area contributed by atoms with Crippen molar-refractivity contribution in [2.75, 3.05) is 0 Å². The molecule has 31 heavy (non-hydrogen) atoms. The lowest BCUT2D eigenvalue weighted by Crippen LogP contribution is -2.40. The van der Waals surface area contributed by atoms with E-state index >= 15 is 0 Å². The molecule has 8 heteroatoms. The minimum atomic E-state index is -1.53. The molecule has 2 aromatic heterocycles. The van der Waals surface area contributed by atoms with Gasteiger partial charge in [-0.15, -0.1) is 0 Å². The topological polar surface area (TPSA) is 124 Å². The van der Waals surface area contributed by atoms with E-state index in [1.165, 1.54) is 0 Å². The van der Waals surface area contributed by atoms with Crippen LogP contribution in [0.15, 0.2) is 66.9 Å². The maximum atomic E-state index is 11.0. The molecular formula is C23H24N6OSi. The van der Waals surface area contributed by atoms with Gasteiger partial charge in [0.1, 0.15) is 19.8 Å². The molecule has 0 bridgehead atoms. The number of primary amides is 1. The molecule has 0 aliphatic heterocycles. The van der Waals surface area contributed by atoms with E-state index in [-0.39, 0.29) is 0 Å². The quantitative estimate of drug-likeness (QED) is 0.429. The van der Waals surface area contributed by atoms with Gasteiger partial charge in [-0.05, 0) is 11.1 Å². The second-order valence-electron chi connectivity index (χ2n) is 7.94. The number of nitrogens with two attached hydrogens (primary N) is 1. The van der Waals surface area contributed by atoms with Crippen LogP contribution >= 0.6 is 0 Å². The smallest absolute Gasteiger partial charge is 0.267 e. The van der Waals surface area contributed by atoms with Gasteiger partial charge in [0.15, 0.2) is 5.69 Å². The van der Waals surface area contributed by atoms with Crippen molar-refractivity contribution in [3.8, 4) is 28.3 Å². The third-order valence-corrected chi connectivity index (χ3v) is 6.52. The maximum Gasteiger partial charge on any atom is 0.267 e. The lowest BCUT2D eigenvalue weighted by molar-refractivity contribution is 0.0996. The van der Waals surface area contributed by atoms with Crippen LogP contribution in [0.1, 0.15) is 16.2 Å². The van der Waals surface area contributed by atoms with Crippen molar-refractivity contribution in [3.05, 3.63) is 78.2 Å². The number of hydrogen-bond acceptors (Lipinski definition) is 4. The van der Waals surface area contributed by atoms with E-state index in [9.17, 15) is 4.79 Å². The third-order valence-electron chi connectivity index (χ3n) is 4.66. The molecule has 4 rings (SSSR count). The van der Waals surface area contributed by atoms with Crippen LogP contribution in [0.4, 0.5) is 0 Å². The number of aromatic nitrogens is 4. The molecule has 0 spiro atoms. The zero-order valence-electron chi connectivity index (χ0n) is 17.7. The first-order chi connectivity index (χ1) is 14.8. The largest absolute Gasteiger partial charge is 0.364 e. The summed E-state index contributed by atoms with van der Waals surface area (Å²) in [4.78, 5) is 11.0. The predicted octanol–water partition coefficient (Wildman–Crippen LogP) is 3.67. The number of carbonyl (C=O) groups excluding carboxylic acids is 1.